The number of rotatable bonds is 77. The zero-order valence-corrected chi connectivity index (χ0v) is 74.3. The van der Waals surface area contributed by atoms with Gasteiger partial charge in [-0.2, -0.15) is 0 Å². The Balaban J connectivity index is 1.32. The van der Waals surface area contributed by atoms with Gasteiger partial charge in [-0.1, -0.05) is 379 Å². The second-order valence-electron chi connectivity index (χ2n) is 33.4. The van der Waals surface area contributed by atoms with Crippen molar-refractivity contribution in [3.05, 3.63) is 134 Å². The van der Waals surface area contributed by atoms with Crippen LogP contribution in [0.3, 0.4) is 0 Å². The second kappa shape index (κ2) is 77.5. The van der Waals surface area contributed by atoms with Gasteiger partial charge in [-0.3, -0.25) is 4.79 Å². The first-order chi connectivity index (χ1) is 58.3. The first-order valence-corrected chi connectivity index (χ1v) is 47.9. The number of ether oxygens (including phenoxy) is 6. The van der Waals surface area contributed by atoms with Crippen LogP contribution in [0.15, 0.2) is 134 Å². The standard InChI is InChI=1S/C100H173NO18/c1-3-5-7-9-11-13-15-17-19-21-23-25-27-29-31-33-35-37-38-39-40-41-42-43-44-46-48-50-52-54-56-58-60-62-64-66-68-70-72-74-76-78-88(106)101-83(84(105)77-75-73-71-69-67-65-63-61-59-57-55-53-51-49-47-45-36-34-32-30-28-26-24-22-20-18-16-14-12-10-8-6-4-2)82-114-98-94(112)91(109)96(86(80-103)116-98)119-100-95(113)92(110)97(87(81-104)117-100)118-99-93(111)90(108)89(107)85(79-102)115-99/h5,7,11,13,17,19,23,25,29,31,35,37,39-40,42-43,59,61,67,69,75,77,83-87,89-100,102-105,107-113H,3-4,6,8-10,12,14-16,18,20-22,24,26-28,30,32-34,36,38,41,44-58,60,62-66,68,70-74,76,78-82H2,1-2H3,(H,101,106)/b7-5-,13-11-,19-17-,25-23-,31-29-,37-35-,40-39-,43-42-,61-59+,69-67+,77-75+. The number of carbonyl (C=O) groups excluding carboxylic acids is 1. The quantitative estimate of drug-likeness (QED) is 0.0199. The number of allylic oxidation sites excluding steroid dienone is 21. The monoisotopic (exact) mass is 1680 g/mol. The average molecular weight is 1680 g/mol. The number of hydrogen-bond acceptors (Lipinski definition) is 18. The summed E-state index contributed by atoms with van der Waals surface area (Å²) >= 11 is 0. The van der Waals surface area contributed by atoms with Crippen molar-refractivity contribution in [3.8, 4) is 0 Å². The van der Waals surface area contributed by atoms with Crippen molar-refractivity contribution in [2.24, 2.45) is 0 Å². The van der Waals surface area contributed by atoms with Crippen LogP contribution in [0.2, 0.25) is 0 Å². The smallest absolute Gasteiger partial charge is 0.220 e. The Morgan fingerprint density at radius 3 is 0.941 bits per heavy atom. The van der Waals surface area contributed by atoms with E-state index in [-0.39, 0.29) is 18.9 Å². The zero-order valence-electron chi connectivity index (χ0n) is 74.3. The summed E-state index contributed by atoms with van der Waals surface area (Å²) in [6, 6.07) is -1.01. The fourth-order valence-corrected chi connectivity index (χ4v) is 15.4. The van der Waals surface area contributed by atoms with E-state index in [0.717, 1.165) is 96.3 Å². The van der Waals surface area contributed by atoms with Crippen molar-refractivity contribution in [2.45, 2.75) is 465 Å². The highest BCUT2D eigenvalue weighted by Gasteiger charge is 2.54. The first kappa shape index (κ1) is 109. The van der Waals surface area contributed by atoms with Gasteiger partial charge in [-0.25, -0.2) is 0 Å². The molecule has 1 amide bonds. The number of carbonyl (C=O) groups is 1. The number of hydrogen-bond donors (Lipinski definition) is 12. The minimum atomic E-state index is -1.99. The maximum atomic E-state index is 13.5. The Labute approximate surface area is 721 Å². The summed E-state index contributed by atoms with van der Waals surface area (Å²) in [5, 5.41) is 121. The van der Waals surface area contributed by atoms with Gasteiger partial charge in [0.05, 0.1) is 38.6 Å². The van der Waals surface area contributed by atoms with Gasteiger partial charge in [0, 0.05) is 6.42 Å². The molecule has 0 saturated carbocycles. The zero-order chi connectivity index (χ0) is 85.9. The van der Waals surface area contributed by atoms with Crippen molar-refractivity contribution >= 4 is 5.91 Å². The van der Waals surface area contributed by atoms with Gasteiger partial charge in [0.25, 0.3) is 0 Å². The molecule has 0 aliphatic carbocycles. The minimum absolute atomic E-state index is 0.226. The fourth-order valence-electron chi connectivity index (χ4n) is 15.4. The van der Waals surface area contributed by atoms with E-state index in [1.54, 1.807) is 6.08 Å². The molecule has 17 unspecified atom stereocenters. The number of unbranched alkanes of at least 4 members (excludes halogenated alkanes) is 41. The van der Waals surface area contributed by atoms with E-state index in [0.29, 0.717) is 12.8 Å². The van der Waals surface area contributed by atoms with Crippen LogP contribution in [0, 0.1) is 0 Å². The van der Waals surface area contributed by atoms with Crippen LogP contribution in [0.25, 0.3) is 0 Å². The Morgan fingerprint density at radius 1 is 0.311 bits per heavy atom. The molecule has 3 heterocycles. The normalized spacial score (nSPS) is 24.8. The van der Waals surface area contributed by atoms with Crippen molar-refractivity contribution in [3.63, 3.8) is 0 Å². The van der Waals surface area contributed by atoms with Crippen molar-refractivity contribution in [1.82, 2.24) is 5.32 Å². The third kappa shape index (κ3) is 55.1. The van der Waals surface area contributed by atoms with E-state index in [2.05, 4.69) is 141 Å². The summed E-state index contributed by atoms with van der Waals surface area (Å²) < 4.78 is 34.5. The predicted octanol–water partition coefficient (Wildman–Crippen LogP) is 19.5. The molecule has 19 heteroatoms. The SMILES string of the molecule is CC/C=C\C/C=C\C/C=C\C/C=C\C/C=C\C/C=C\C/C=C\C/C=C\CCCCCCCCCCCCCCCCCCC(=O)NC(COC1OC(CO)C(OC2OC(CO)C(OC3OC(CO)C(O)C(O)C3O)C(O)C2O)C(O)C1O)C(O)/C=C/CC/C=C/CC/C=C/CCCCCCCCCCCCCCCCCCCCCCCCC. The highest BCUT2D eigenvalue weighted by Crippen LogP contribution is 2.34. The third-order valence-corrected chi connectivity index (χ3v) is 22.9. The lowest BCUT2D eigenvalue weighted by Gasteiger charge is -2.48. The number of aliphatic hydroxyl groups excluding tert-OH is 11. The summed E-state index contributed by atoms with van der Waals surface area (Å²) in [7, 11) is 0. The highest BCUT2D eigenvalue weighted by molar-refractivity contribution is 5.76. The molecule has 0 aromatic carbocycles. The van der Waals surface area contributed by atoms with Gasteiger partial charge >= 0.3 is 0 Å². The van der Waals surface area contributed by atoms with E-state index in [4.69, 9.17) is 28.4 Å². The van der Waals surface area contributed by atoms with Crippen molar-refractivity contribution in [2.75, 3.05) is 26.4 Å². The van der Waals surface area contributed by atoms with Crippen LogP contribution in [0.5, 0.6) is 0 Å². The molecule has 0 bridgehead atoms. The maximum Gasteiger partial charge on any atom is 0.220 e. The molecular weight excluding hydrogens is 1500 g/mol. The summed E-state index contributed by atoms with van der Waals surface area (Å²) in [4.78, 5) is 13.5. The van der Waals surface area contributed by atoms with Crippen molar-refractivity contribution < 1.29 is 89.4 Å². The van der Waals surface area contributed by atoms with Crippen LogP contribution in [0.1, 0.15) is 361 Å². The van der Waals surface area contributed by atoms with Gasteiger partial charge < -0.3 is 89.9 Å². The molecule has 3 aliphatic heterocycles. The van der Waals surface area contributed by atoms with Crippen LogP contribution in [-0.4, -0.2) is 193 Å². The van der Waals surface area contributed by atoms with Crippen LogP contribution >= 0.6 is 0 Å². The molecule has 0 radical (unpaired) electrons. The van der Waals surface area contributed by atoms with Gasteiger partial charge in [-0.05, 0) is 109 Å². The van der Waals surface area contributed by atoms with E-state index < -0.39 is 124 Å². The fraction of sp³-hybridized carbons (Fsp3) is 0.770. The predicted molar refractivity (Wildman–Crippen MR) is 484 cm³/mol. The molecule has 17 atom stereocenters. The van der Waals surface area contributed by atoms with Crippen LogP contribution in [-0.2, 0) is 33.2 Å². The van der Waals surface area contributed by atoms with E-state index >= 15 is 0 Å². The van der Waals surface area contributed by atoms with Crippen molar-refractivity contribution in [1.29, 1.82) is 0 Å². The lowest BCUT2D eigenvalue weighted by molar-refractivity contribution is -0.379. The molecule has 0 spiro atoms. The lowest BCUT2D eigenvalue weighted by atomic mass is 9.96. The maximum absolute atomic E-state index is 13.5. The Kier molecular flexibility index (Phi) is 71.1. The molecule has 3 fully saturated rings. The van der Waals surface area contributed by atoms with Gasteiger partial charge in [0.1, 0.15) is 73.2 Å². The average Bonchev–Trinajstić information content (AvgIpc) is 0.778. The highest BCUT2D eigenvalue weighted by atomic mass is 16.8. The van der Waals surface area contributed by atoms with E-state index in [9.17, 15) is 61.0 Å². The topological polar surface area (TPSA) is 307 Å². The molecule has 12 N–H and O–H groups in total. The molecule has 19 nitrogen and oxygen atoms in total. The molecule has 0 aromatic rings. The van der Waals surface area contributed by atoms with Gasteiger partial charge in [-0.15, -0.1) is 0 Å². The molecule has 3 aliphatic rings. The summed E-state index contributed by atoms with van der Waals surface area (Å²) in [5.41, 5.74) is 0. The largest absolute Gasteiger partial charge is 0.394 e. The Bertz CT molecular complexity index is 2670. The molecule has 0 aromatic heterocycles. The Morgan fingerprint density at radius 2 is 0.588 bits per heavy atom. The number of amides is 1. The third-order valence-electron chi connectivity index (χ3n) is 22.9. The van der Waals surface area contributed by atoms with Gasteiger partial charge in [0.15, 0.2) is 18.9 Å². The van der Waals surface area contributed by atoms with E-state index in [1.165, 1.54) is 231 Å². The lowest BCUT2D eigenvalue weighted by Crippen LogP contribution is -2.66. The number of aliphatic hydroxyl groups is 11. The van der Waals surface area contributed by atoms with E-state index in [1.807, 2.05) is 6.08 Å². The van der Waals surface area contributed by atoms with Gasteiger partial charge in [0.2, 0.25) is 5.91 Å². The molecule has 3 rings (SSSR count). The first-order valence-electron chi connectivity index (χ1n) is 47.9. The molecule has 686 valence electrons. The minimum Gasteiger partial charge on any atom is -0.394 e. The Hall–Kier alpha value is -4.07. The summed E-state index contributed by atoms with van der Waals surface area (Å²) in [5.74, 6) is -0.289. The van der Waals surface area contributed by atoms with Crippen LogP contribution in [0.4, 0.5) is 0 Å². The molecular formula is C100H173NO18. The molecule has 119 heavy (non-hydrogen) atoms. The summed E-state index contributed by atoms with van der Waals surface area (Å²) in [6.07, 6.45) is 86.2. The second-order valence-corrected chi connectivity index (χ2v) is 33.4. The van der Waals surface area contributed by atoms with Crippen LogP contribution < -0.4 is 5.32 Å². The molecule has 3 saturated heterocycles. The summed E-state index contributed by atoms with van der Waals surface area (Å²) in [6.45, 7) is 1.63. The number of nitrogens with one attached hydrogen (secondary N) is 1.